The Kier molecular flexibility index (Phi) is 5.72. The Morgan fingerprint density at radius 1 is 1.24 bits per heavy atom. The maximum atomic E-state index is 13.2. The van der Waals surface area contributed by atoms with Gasteiger partial charge in [-0.3, -0.25) is 14.0 Å². The lowest BCUT2D eigenvalue weighted by molar-refractivity contribution is -0.659. The minimum atomic E-state index is -0.393. The molecule has 1 aliphatic rings. The number of hydrogen-bond acceptors (Lipinski definition) is 7. The lowest BCUT2D eigenvalue weighted by atomic mass is 10.1. The number of nitrogen functional groups attached to an aromatic ring is 1. The van der Waals surface area contributed by atoms with Gasteiger partial charge in [-0.2, -0.15) is 0 Å². The number of methoxy groups -OCH3 is 1. The standard InChI is InChI=1S/C24H23N5O5/c1-32-10-4-9-29-21(25)16(12-17-22(29)27-20-5-2-3-8-28(20)24(17)31)23(30)26-13-15-6-7-18-19(11-15)34-14-33-18/h2-3,5-8,11-12,25H,4,9-10,13-14H2,1H3,(H,26,30)/p+1. The number of benzene rings is 1. The molecule has 0 bridgehead atoms. The molecule has 0 aliphatic carbocycles. The zero-order chi connectivity index (χ0) is 23.7. The van der Waals surface area contributed by atoms with Gasteiger partial charge < -0.3 is 25.3 Å². The van der Waals surface area contributed by atoms with Gasteiger partial charge >= 0.3 is 0 Å². The van der Waals surface area contributed by atoms with Gasteiger partial charge in [0.05, 0.1) is 6.54 Å². The second-order valence-corrected chi connectivity index (χ2v) is 7.89. The van der Waals surface area contributed by atoms with Crippen molar-refractivity contribution in [2.24, 2.45) is 0 Å². The number of carbonyl (C=O) groups is 1. The second-order valence-electron chi connectivity index (χ2n) is 7.89. The van der Waals surface area contributed by atoms with Crippen LogP contribution in [0.4, 0.5) is 5.82 Å². The number of nitrogens with zero attached hydrogens (tertiary/aromatic N) is 3. The molecule has 0 spiro atoms. The van der Waals surface area contributed by atoms with E-state index in [0.717, 1.165) is 5.56 Å². The molecule has 3 aromatic heterocycles. The maximum absolute atomic E-state index is 13.2. The van der Waals surface area contributed by atoms with E-state index in [9.17, 15) is 9.59 Å². The van der Waals surface area contributed by atoms with Gasteiger partial charge in [0, 0.05) is 32.9 Å². The molecule has 0 saturated carbocycles. The minimum absolute atomic E-state index is 0.181. The summed E-state index contributed by atoms with van der Waals surface area (Å²) in [5.74, 6) is 1.15. The number of rotatable bonds is 7. The van der Waals surface area contributed by atoms with Crippen LogP contribution in [0.1, 0.15) is 22.3 Å². The van der Waals surface area contributed by atoms with Crippen molar-refractivity contribution < 1.29 is 23.6 Å². The number of hydrogen-bond donors (Lipinski definition) is 2. The second kappa shape index (κ2) is 8.99. The van der Waals surface area contributed by atoms with Crippen molar-refractivity contribution in [3.63, 3.8) is 0 Å². The highest BCUT2D eigenvalue weighted by atomic mass is 16.7. The molecule has 1 aliphatic heterocycles. The summed E-state index contributed by atoms with van der Waals surface area (Å²) in [7, 11) is 1.62. The Morgan fingerprint density at radius 2 is 2.09 bits per heavy atom. The minimum Gasteiger partial charge on any atom is -0.454 e. The van der Waals surface area contributed by atoms with Gasteiger partial charge in [0.2, 0.25) is 18.3 Å². The van der Waals surface area contributed by atoms with Crippen LogP contribution in [0.2, 0.25) is 0 Å². The van der Waals surface area contributed by atoms with Crippen LogP contribution in [0.15, 0.2) is 53.5 Å². The third-order valence-corrected chi connectivity index (χ3v) is 5.72. The lowest BCUT2D eigenvalue weighted by Gasteiger charge is -2.12. The molecule has 10 heteroatoms. The summed E-state index contributed by atoms with van der Waals surface area (Å²) in [6.07, 6.45) is 2.29. The van der Waals surface area contributed by atoms with Crippen LogP contribution in [0.25, 0.3) is 16.7 Å². The van der Waals surface area contributed by atoms with Gasteiger partial charge in [0.1, 0.15) is 10.9 Å². The number of anilines is 1. The molecule has 4 heterocycles. The van der Waals surface area contributed by atoms with Crippen LogP contribution in [-0.4, -0.2) is 35.8 Å². The van der Waals surface area contributed by atoms with Crippen molar-refractivity contribution in [3.05, 3.63) is 70.1 Å². The Morgan fingerprint density at radius 3 is 2.94 bits per heavy atom. The summed E-state index contributed by atoms with van der Waals surface area (Å²) < 4.78 is 19.0. The molecule has 1 amide bonds. The normalized spacial score (nSPS) is 12.4. The van der Waals surface area contributed by atoms with Gasteiger partial charge in [0.25, 0.3) is 17.1 Å². The Labute approximate surface area is 194 Å². The smallest absolute Gasteiger partial charge is 0.278 e. The molecule has 5 rings (SSSR count). The van der Waals surface area contributed by atoms with Crippen LogP contribution >= 0.6 is 0 Å². The molecular weight excluding hydrogens is 438 g/mol. The average molecular weight is 462 g/mol. The van der Waals surface area contributed by atoms with E-state index in [1.807, 2.05) is 18.2 Å². The van der Waals surface area contributed by atoms with Gasteiger partial charge in [-0.15, -0.1) is 0 Å². The van der Waals surface area contributed by atoms with Crippen molar-refractivity contribution in [1.29, 1.82) is 0 Å². The summed E-state index contributed by atoms with van der Waals surface area (Å²) in [4.78, 5) is 31.0. The number of nitrogens with two attached hydrogens (primary N) is 1. The fourth-order valence-electron chi connectivity index (χ4n) is 4.00. The fraction of sp³-hybridized carbons (Fsp3) is 0.250. The van der Waals surface area contributed by atoms with E-state index >= 15 is 0 Å². The number of carbonyl (C=O) groups excluding carboxylic acids is 1. The van der Waals surface area contributed by atoms with Crippen molar-refractivity contribution in [1.82, 2.24) is 14.7 Å². The molecule has 0 fully saturated rings. The molecule has 34 heavy (non-hydrogen) atoms. The number of pyridine rings is 2. The lowest BCUT2D eigenvalue weighted by Crippen LogP contribution is -2.43. The predicted molar refractivity (Wildman–Crippen MR) is 124 cm³/mol. The van der Waals surface area contributed by atoms with Crippen LogP contribution in [0, 0.1) is 0 Å². The van der Waals surface area contributed by atoms with E-state index in [4.69, 9.17) is 19.9 Å². The molecule has 10 nitrogen and oxygen atoms in total. The number of ether oxygens (including phenoxy) is 3. The Bertz CT molecular complexity index is 1470. The summed E-state index contributed by atoms with van der Waals surface area (Å²) >= 11 is 0. The van der Waals surface area contributed by atoms with Crippen LogP contribution in [-0.2, 0) is 17.8 Å². The topological polar surface area (TPSA) is 121 Å². The van der Waals surface area contributed by atoms with E-state index in [1.165, 1.54) is 10.5 Å². The summed E-state index contributed by atoms with van der Waals surface area (Å²) in [6.45, 7) is 1.38. The van der Waals surface area contributed by atoms with E-state index in [1.54, 1.807) is 36.1 Å². The number of amides is 1. The highest BCUT2D eigenvalue weighted by Crippen LogP contribution is 2.32. The van der Waals surface area contributed by atoms with Gasteiger partial charge in [-0.05, 0) is 35.9 Å². The number of aromatic nitrogens is 3. The Hall–Kier alpha value is -4.18. The van der Waals surface area contributed by atoms with E-state index in [2.05, 4.69) is 10.3 Å². The molecule has 1 aromatic carbocycles. The van der Waals surface area contributed by atoms with Crippen molar-refractivity contribution in [2.75, 3.05) is 26.2 Å². The fourth-order valence-corrected chi connectivity index (χ4v) is 4.00. The van der Waals surface area contributed by atoms with Crippen molar-refractivity contribution in [2.45, 2.75) is 19.5 Å². The van der Waals surface area contributed by atoms with E-state index < -0.39 is 5.91 Å². The van der Waals surface area contributed by atoms with Crippen molar-refractivity contribution in [3.8, 4) is 11.5 Å². The van der Waals surface area contributed by atoms with Crippen LogP contribution in [0.3, 0.4) is 0 Å². The largest absolute Gasteiger partial charge is 0.454 e. The Balaban J connectivity index is 1.53. The first-order valence-corrected chi connectivity index (χ1v) is 10.9. The molecular formula is C24H24N5O5+. The van der Waals surface area contributed by atoms with E-state index in [-0.39, 0.29) is 30.3 Å². The van der Waals surface area contributed by atoms with Gasteiger partial charge in [-0.1, -0.05) is 17.1 Å². The third kappa shape index (κ3) is 3.88. The van der Waals surface area contributed by atoms with E-state index in [0.29, 0.717) is 47.8 Å². The summed E-state index contributed by atoms with van der Waals surface area (Å²) in [5, 5.41) is 3.19. The maximum Gasteiger partial charge on any atom is 0.278 e. The average Bonchev–Trinajstić information content (AvgIpc) is 3.32. The third-order valence-electron chi connectivity index (χ3n) is 5.72. The first kappa shape index (κ1) is 21.7. The molecule has 4 aromatic rings. The molecule has 0 atom stereocenters. The quantitative estimate of drug-likeness (QED) is 0.242. The molecule has 3 N–H and O–H groups in total. The number of aryl methyl sites for hydroxylation is 1. The molecule has 0 radical (unpaired) electrons. The molecule has 0 unspecified atom stereocenters. The number of fused-ring (bicyclic) bond motifs is 3. The first-order valence-electron chi connectivity index (χ1n) is 10.9. The summed E-state index contributed by atoms with van der Waals surface area (Å²) in [6, 6.07) is 12.3. The van der Waals surface area contributed by atoms with Crippen LogP contribution in [0.5, 0.6) is 11.5 Å². The summed E-state index contributed by atoms with van der Waals surface area (Å²) in [5.41, 5.74) is 8.15. The molecule has 0 saturated heterocycles. The monoisotopic (exact) mass is 462 g/mol. The zero-order valence-corrected chi connectivity index (χ0v) is 18.6. The first-order chi connectivity index (χ1) is 16.6. The predicted octanol–water partition coefficient (Wildman–Crippen LogP) is 1.41. The zero-order valence-electron chi connectivity index (χ0n) is 18.6. The number of nitrogens with one attached hydrogen (secondary N) is 1. The highest BCUT2D eigenvalue weighted by molar-refractivity contribution is 6.00. The highest BCUT2D eigenvalue weighted by Gasteiger charge is 2.24. The molecule has 174 valence electrons. The van der Waals surface area contributed by atoms with Gasteiger partial charge in [0.15, 0.2) is 11.5 Å². The van der Waals surface area contributed by atoms with Crippen molar-refractivity contribution >= 4 is 28.4 Å². The SMILES string of the molecule is COCCC[n+]1c(N)c(C(=O)NCc2ccc3c(c2)OCO3)cc2c(=O)n3ccccc3nc21. The van der Waals surface area contributed by atoms with Gasteiger partial charge in [-0.25, -0.2) is 4.57 Å². The van der Waals surface area contributed by atoms with Crippen LogP contribution < -0.4 is 30.7 Å².